The smallest absolute Gasteiger partial charge is 0.387 e. The van der Waals surface area contributed by atoms with Crippen LogP contribution in [0.5, 0.6) is 23.0 Å². The third-order valence-electron chi connectivity index (χ3n) is 5.61. The van der Waals surface area contributed by atoms with Crippen LogP contribution in [0.15, 0.2) is 60.7 Å². The largest absolute Gasteiger partial charge is 0.490 e. The van der Waals surface area contributed by atoms with Crippen molar-refractivity contribution in [3.05, 3.63) is 77.4 Å². The molecule has 176 valence electrons. The van der Waals surface area contributed by atoms with E-state index in [1.165, 1.54) is 6.07 Å². The SMILES string of the molecule is CCOc1cc(C2Nc3ccccc3C(=O)N2Cc2ccc3c(c2)OCO3)ccc1OC(F)F. The van der Waals surface area contributed by atoms with Gasteiger partial charge < -0.3 is 29.2 Å². The lowest BCUT2D eigenvalue weighted by Gasteiger charge is -2.38. The molecule has 0 bridgehead atoms. The third-order valence-corrected chi connectivity index (χ3v) is 5.61. The Morgan fingerprint density at radius 3 is 2.71 bits per heavy atom. The molecule has 1 unspecified atom stereocenters. The molecule has 0 radical (unpaired) electrons. The molecule has 5 rings (SSSR count). The number of halogens is 2. The minimum atomic E-state index is -2.98. The second-order valence-corrected chi connectivity index (χ2v) is 7.73. The van der Waals surface area contributed by atoms with E-state index in [0.717, 1.165) is 5.56 Å². The highest BCUT2D eigenvalue weighted by Gasteiger charge is 2.33. The van der Waals surface area contributed by atoms with Gasteiger partial charge in [0.05, 0.1) is 12.2 Å². The van der Waals surface area contributed by atoms with Crippen molar-refractivity contribution in [2.24, 2.45) is 0 Å². The first kappa shape index (κ1) is 21.8. The van der Waals surface area contributed by atoms with E-state index >= 15 is 0 Å². The van der Waals surface area contributed by atoms with Gasteiger partial charge in [-0.2, -0.15) is 8.78 Å². The molecule has 7 nitrogen and oxygen atoms in total. The van der Waals surface area contributed by atoms with Gasteiger partial charge in [0.1, 0.15) is 6.17 Å². The van der Waals surface area contributed by atoms with Crippen LogP contribution in [-0.4, -0.2) is 30.8 Å². The van der Waals surface area contributed by atoms with Crippen LogP contribution in [0.1, 0.15) is 34.6 Å². The van der Waals surface area contributed by atoms with Crippen LogP contribution in [0.25, 0.3) is 0 Å². The van der Waals surface area contributed by atoms with Crippen molar-refractivity contribution in [3.8, 4) is 23.0 Å². The van der Waals surface area contributed by atoms with E-state index in [0.29, 0.717) is 28.3 Å². The predicted molar refractivity (Wildman–Crippen MR) is 119 cm³/mol. The predicted octanol–water partition coefficient (Wildman–Crippen LogP) is 5.18. The van der Waals surface area contributed by atoms with Gasteiger partial charge >= 0.3 is 6.61 Å². The molecule has 3 aromatic rings. The molecule has 0 fully saturated rings. The maximum Gasteiger partial charge on any atom is 0.387 e. The van der Waals surface area contributed by atoms with Crippen molar-refractivity contribution in [1.29, 1.82) is 0 Å². The lowest BCUT2D eigenvalue weighted by atomic mass is 10.0. The normalized spacial score (nSPS) is 16.3. The number of alkyl halides is 2. The van der Waals surface area contributed by atoms with Crippen molar-refractivity contribution >= 4 is 11.6 Å². The topological polar surface area (TPSA) is 69.3 Å². The van der Waals surface area contributed by atoms with Gasteiger partial charge in [0.2, 0.25) is 6.79 Å². The summed E-state index contributed by atoms with van der Waals surface area (Å²) in [5, 5.41) is 3.40. The Hall–Kier alpha value is -4.01. The Bertz CT molecular complexity index is 1220. The van der Waals surface area contributed by atoms with Gasteiger partial charge in [-0.15, -0.1) is 0 Å². The summed E-state index contributed by atoms with van der Waals surface area (Å²) in [5.41, 5.74) is 2.74. The highest BCUT2D eigenvalue weighted by atomic mass is 19.3. The quantitative estimate of drug-likeness (QED) is 0.515. The number of ether oxygens (including phenoxy) is 4. The van der Waals surface area contributed by atoms with E-state index in [-0.39, 0.29) is 37.4 Å². The fourth-order valence-electron chi connectivity index (χ4n) is 4.11. The molecule has 2 aliphatic rings. The van der Waals surface area contributed by atoms with Crippen LogP contribution < -0.4 is 24.3 Å². The number of amides is 1. The van der Waals surface area contributed by atoms with Gasteiger partial charge in [0.15, 0.2) is 23.0 Å². The van der Waals surface area contributed by atoms with Crippen LogP contribution in [-0.2, 0) is 6.54 Å². The number of hydrogen-bond donors (Lipinski definition) is 1. The van der Waals surface area contributed by atoms with Crippen molar-refractivity contribution < 1.29 is 32.5 Å². The molecule has 1 N–H and O–H groups in total. The number of rotatable bonds is 7. The zero-order chi connectivity index (χ0) is 23.7. The molecule has 34 heavy (non-hydrogen) atoms. The summed E-state index contributed by atoms with van der Waals surface area (Å²) >= 11 is 0. The standard InChI is InChI=1S/C25H22F2N2O5/c1-2-31-22-12-16(8-10-20(22)34-25(26)27)23-28-18-6-4-3-5-17(18)24(30)29(23)13-15-7-9-19-21(11-15)33-14-32-19/h3-12,23,25,28H,2,13-14H2,1H3. The van der Waals surface area contributed by atoms with Crippen LogP contribution in [0.2, 0.25) is 0 Å². The molecular formula is C25H22F2N2O5. The van der Waals surface area contributed by atoms with Gasteiger partial charge in [0, 0.05) is 12.2 Å². The van der Waals surface area contributed by atoms with E-state index < -0.39 is 12.8 Å². The first-order chi connectivity index (χ1) is 16.5. The van der Waals surface area contributed by atoms with Gasteiger partial charge in [-0.1, -0.05) is 24.3 Å². The molecule has 0 saturated heterocycles. The average molecular weight is 468 g/mol. The number of nitrogens with one attached hydrogen (secondary N) is 1. The summed E-state index contributed by atoms with van der Waals surface area (Å²) in [4.78, 5) is 15.2. The second-order valence-electron chi connectivity index (χ2n) is 7.73. The van der Waals surface area contributed by atoms with Gasteiger partial charge in [-0.25, -0.2) is 0 Å². The van der Waals surface area contributed by atoms with Crippen LogP contribution in [0, 0.1) is 0 Å². The summed E-state index contributed by atoms with van der Waals surface area (Å²) in [6.45, 7) is -0.519. The molecule has 1 amide bonds. The molecule has 0 aliphatic carbocycles. The van der Waals surface area contributed by atoms with E-state index in [4.69, 9.17) is 14.2 Å². The zero-order valence-electron chi connectivity index (χ0n) is 18.3. The molecule has 9 heteroatoms. The zero-order valence-corrected chi connectivity index (χ0v) is 18.3. The van der Waals surface area contributed by atoms with E-state index in [1.807, 2.05) is 30.3 Å². The van der Waals surface area contributed by atoms with E-state index in [2.05, 4.69) is 10.1 Å². The van der Waals surface area contributed by atoms with E-state index in [9.17, 15) is 13.6 Å². The maximum atomic E-state index is 13.5. The number of carbonyl (C=O) groups is 1. The Kier molecular flexibility index (Phi) is 5.83. The number of benzene rings is 3. The minimum Gasteiger partial charge on any atom is -0.490 e. The second kappa shape index (κ2) is 9.09. The number of anilines is 1. The maximum absolute atomic E-state index is 13.5. The highest BCUT2D eigenvalue weighted by Crippen LogP contribution is 2.39. The summed E-state index contributed by atoms with van der Waals surface area (Å²) in [6, 6.07) is 17.5. The Labute approximate surface area is 194 Å². The molecule has 0 spiro atoms. The number of carbonyl (C=O) groups excluding carboxylic acids is 1. The number of nitrogens with zero attached hydrogens (tertiary/aromatic N) is 1. The summed E-state index contributed by atoms with van der Waals surface area (Å²) in [6.07, 6.45) is -0.576. The molecular weight excluding hydrogens is 446 g/mol. The number of fused-ring (bicyclic) bond motifs is 2. The Morgan fingerprint density at radius 2 is 1.88 bits per heavy atom. The number of para-hydroxylation sites is 1. The third kappa shape index (κ3) is 4.16. The van der Waals surface area contributed by atoms with Gasteiger partial charge in [-0.3, -0.25) is 4.79 Å². The van der Waals surface area contributed by atoms with Crippen molar-refractivity contribution in [1.82, 2.24) is 4.90 Å². The molecule has 1 atom stereocenters. The van der Waals surface area contributed by atoms with Gasteiger partial charge in [-0.05, 0) is 54.4 Å². The highest BCUT2D eigenvalue weighted by molar-refractivity contribution is 6.01. The van der Waals surface area contributed by atoms with Crippen LogP contribution >= 0.6 is 0 Å². The van der Waals surface area contributed by atoms with Crippen LogP contribution in [0.3, 0.4) is 0 Å². The summed E-state index contributed by atoms with van der Waals surface area (Å²) in [5.74, 6) is 1.23. The molecule has 0 saturated carbocycles. The monoisotopic (exact) mass is 468 g/mol. The Balaban J connectivity index is 1.53. The van der Waals surface area contributed by atoms with Crippen molar-refractivity contribution in [3.63, 3.8) is 0 Å². The number of hydrogen-bond acceptors (Lipinski definition) is 6. The van der Waals surface area contributed by atoms with Gasteiger partial charge in [0.25, 0.3) is 5.91 Å². The van der Waals surface area contributed by atoms with Crippen molar-refractivity contribution in [2.45, 2.75) is 26.2 Å². The summed E-state index contributed by atoms with van der Waals surface area (Å²) < 4.78 is 46.7. The minimum absolute atomic E-state index is 0.0644. The summed E-state index contributed by atoms with van der Waals surface area (Å²) in [7, 11) is 0. The Morgan fingerprint density at radius 1 is 1.06 bits per heavy atom. The first-order valence-corrected chi connectivity index (χ1v) is 10.8. The molecule has 3 aromatic carbocycles. The fourth-order valence-corrected chi connectivity index (χ4v) is 4.11. The molecule has 0 aromatic heterocycles. The molecule has 2 aliphatic heterocycles. The van der Waals surface area contributed by atoms with E-state index in [1.54, 1.807) is 36.1 Å². The fraction of sp³-hybridized carbons (Fsp3) is 0.240. The molecule has 2 heterocycles. The average Bonchev–Trinajstić information content (AvgIpc) is 3.30. The first-order valence-electron chi connectivity index (χ1n) is 10.8. The lowest BCUT2D eigenvalue weighted by Crippen LogP contribution is -2.42. The lowest BCUT2D eigenvalue weighted by molar-refractivity contribution is -0.0514. The van der Waals surface area contributed by atoms with Crippen molar-refractivity contribution in [2.75, 3.05) is 18.7 Å². The van der Waals surface area contributed by atoms with Crippen LogP contribution in [0.4, 0.5) is 14.5 Å².